The van der Waals surface area contributed by atoms with Crippen LogP contribution in [0.3, 0.4) is 0 Å². The quantitative estimate of drug-likeness (QED) is 0.832. The molecule has 0 aromatic carbocycles. The Labute approximate surface area is 97.1 Å². The normalized spacial score (nSPS) is 21.1. The first-order valence-electron chi connectivity index (χ1n) is 5.93. The Kier molecular flexibility index (Phi) is 2.89. The molecular weight excluding hydrogens is 200 g/mol. The van der Waals surface area contributed by atoms with Crippen LogP contribution in [0.25, 0.3) is 0 Å². The van der Waals surface area contributed by atoms with Gasteiger partial charge in [0.25, 0.3) is 0 Å². The molecule has 88 valence electrons. The lowest BCUT2D eigenvalue weighted by Gasteiger charge is -2.34. The van der Waals surface area contributed by atoms with E-state index in [1.165, 1.54) is 12.8 Å². The molecule has 2 heterocycles. The van der Waals surface area contributed by atoms with E-state index in [-0.39, 0.29) is 5.54 Å². The lowest BCUT2D eigenvalue weighted by molar-refractivity contribution is 0.199. The summed E-state index contributed by atoms with van der Waals surface area (Å²) < 4.78 is 0. The van der Waals surface area contributed by atoms with Gasteiger partial charge in [0.2, 0.25) is 0 Å². The molecule has 1 aliphatic heterocycles. The summed E-state index contributed by atoms with van der Waals surface area (Å²) in [4.78, 5) is 6.76. The highest BCUT2D eigenvalue weighted by Gasteiger charge is 2.34. The first-order valence-corrected chi connectivity index (χ1v) is 5.93. The van der Waals surface area contributed by atoms with Gasteiger partial charge in [0.1, 0.15) is 5.82 Å². The highest BCUT2D eigenvalue weighted by Crippen LogP contribution is 2.35. The van der Waals surface area contributed by atoms with Crippen LogP contribution in [0.1, 0.15) is 45.3 Å². The van der Waals surface area contributed by atoms with Gasteiger partial charge in [-0.3, -0.25) is 0 Å². The lowest BCUT2D eigenvalue weighted by atomic mass is 10.0. The van der Waals surface area contributed by atoms with Crippen molar-refractivity contribution in [1.82, 2.24) is 4.98 Å². The molecule has 1 saturated heterocycles. The average molecular weight is 220 g/mol. The van der Waals surface area contributed by atoms with E-state index in [1.54, 1.807) is 13.1 Å². The van der Waals surface area contributed by atoms with Crippen LogP contribution < -0.4 is 4.90 Å². The van der Waals surface area contributed by atoms with Gasteiger partial charge in [0.15, 0.2) is 0 Å². The third kappa shape index (κ3) is 1.92. The summed E-state index contributed by atoms with van der Waals surface area (Å²) in [5.41, 5.74) is 1.08. The molecule has 1 fully saturated rings. The molecule has 0 spiro atoms. The van der Waals surface area contributed by atoms with E-state index in [9.17, 15) is 5.11 Å². The van der Waals surface area contributed by atoms with Crippen LogP contribution in [0.15, 0.2) is 18.3 Å². The van der Waals surface area contributed by atoms with E-state index >= 15 is 0 Å². The molecule has 0 saturated carbocycles. The van der Waals surface area contributed by atoms with Crippen molar-refractivity contribution < 1.29 is 5.11 Å². The van der Waals surface area contributed by atoms with Gasteiger partial charge in [-0.25, -0.2) is 4.98 Å². The molecular formula is C13H20N2O. The van der Waals surface area contributed by atoms with Crippen LogP contribution in [-0.4, -0.2) is 22.2 Å². The Hall–Kier alpha value is -1.09. The number of rotatable bonds is 2. The van der Waals surface area contributed by atoms with Crippen LogP contribution in [0.2, 0.25) is 0 Å². The van der Waals surface area contributed by atoms with Crippen LogP contribution in [0.4, 0.5) is 5.82 Å². The van der Waals surface area contributed by atoms with Crippen molar-refractivity contribution in [2.75, 3.05) is 11.4 Å². The standard InChI is InChI=1S/C13H20N2O/c1-10(16)11-6-4-8-14-12(11)15-9-5-7-13(15,2)3/h4,6,8,10,16H,5,7,9H2,1-3H3/t10-/m1/s1. The van der Waals surface area contributed by atoms with Crippen molar-refractivity contribution in [3.63, 3.8) is 0 Å². The number of aromatic nitrogens is 1. The van der Waals surface area contributed by atoms with Crippen molar-refractivity contribution in [2.24, 2.45) is 0 Å². The molecule has 0 unspecified atom stereocenters. The Balaban J connectivity index is 2.40. The van der Waals surface area contributed by atoms with Gasteiger partial charge in [-0.1, -0.05) is 6.07 Å². The van der Waals surface area contributed by atoms with E-state index in [2.05, 4.69) is 23.7 Å². The SMILES string of the molecule is C[C@@H](O)c1cccnc1N1CCCC1(C)C. The molecule has 0 amide bonds. The number of hydrogen-bond donors (Lipinski definition) is 1. The van der Waals surface area contributed by atoms with Crippen molar-refractivity contribution in [3.8, 4) is 0 Å². The van der Waals surface area contributed by atoms with Gasteiger partial charge in [-0.2, -0.15) is 0 Å². The first-order chi connectivity index (χ1) is 7.52. The number of aliphatic hydroxyl groups excluding tert-OH is 1. The maximum absolute atomic E-state index is 9.77. The van der Waals surface area contributed by atoms with E-state index in [4.69, 9.17) is 0 Å². The first kappa shape index (κ1) is 11.4. The number of nitrogens with zero attached hydrogens (tertiary/aromatic N) is 2. The second-order valence-corrected chi connectivity index (χ2v) is 5.16. The molecule has 1 N–H and O–H groups in total. The van der Waals surface area contributed by atoms with Gasteiger partial charge < -0.3 is 10.0 Å². The summed E-state index contributed by atoms with van der Waals surface area (Å²) in [5, 5.41) is 9.77. The van der Waals surface area contributed by atoms with E-state index in [0.29, 0.717) is 0 Å². The summed E-state index contributed by atoms with van der Waals surface area (Å²) in [6, 6.07) is 3.84. The van der Waals surface area contributed by atoms with Crippen molar-refractivity contribution >= 4 is 5.82 Å². The Morgan fingerprint density at radius 2 is 2.25 bits per heavy atom. The predicted octanol–water partition coefficient (Wildman–Crippen LogP) is 2.51. The van der Waals surface area contributed by atoms with Crippen molar-refractivity contribution in [3.05, 3.63) is 23.9 Å². The van der Waals surface area contributed by atoms with Crippen molar-refractivity contribution in [1.29, 1.82) is 0 Å². The number of aliphatic hydroxyl groups is 1. The number of hydrogen-bond acceptors (Lipinski definition) is 3. The smallest absolute Gasteiger partial charge is 0.134 e. The fourth-order valence-corrected chi connectivity index (χ4v) is 2.46. The van der Waals surface area contributed by atoms with Gasteiger partial charge >= 0.3 is 0 Å². The maximum atomic E-state index is 9.77. The topological polar surface area (TPSA) is 36.4 Å². The average Bonchev–Trinajstić information content (AvgIpc) is 2.58. The van der Waals surface area contributed by atoms with Gasteiger partial charge in [-0.15, -0.1) is 0 Å². The molecule has 3 nitrogen and oxygen atoms in total. The summed E-state index contributed by atoms with van der Waals surface area (Å²) >= 11 is 0. The molecule has 1 aromatic rings. The Morgan fingerprint density at radius 3 is 2.81 bits per heavy atom. The zero-order valence-corrected chi connectivity index (χ0v) is 10.3. The molecule has 1 atom stereocenters. The summed E-state index contributed by atoms with van der Waals surface area (Å²) in [6.45, 7) is 7.30. The van der Waals surface area contributed by atoms with E-state index in [0.717, 1.165) is 17.9 Å². The minimum atomic E-state index is -0.458. The molecule has 3 heteroatoms. The van der Waals surface area contributed by atoms with Gasteiger partial charge in [-0.05, 0) is 39.7 Å². The third-order valence-electron chi connectivity index (χ3n) is 3.42. The molecule has 2 rings (SSSR count). The van der Waals surface area contributed by atoms with Crippen LogP contribution >= 0.6 is 0 Å². The van der Waals surface area contributed by atoms with Gasteiger partial charge in [0.05, 0.1) is 6.10 Å². The zero-order chi connectivity index (χ0) is 11.8. The Bertz CT molecular complexity index is 374. The predicted molar refractivity (Wildman–Crippen MR) is 65.5 cm³/mol. The highest BCUT2D eigenvalue weighted by molar-refractivity contribution is 5.51. The molecule has 16 heavy (non-hydrogen) atoms. The molecule has 1 aromatic heterocycles. The van der Waals surface area contributed by atoms with Gasteiger partial charge in [0, 0.05) is 23.8 Å². The number of pyridine rings is 1. The fraction of sp³-hybridized carbons (Fsp3) is 0.615. The largest absolute Gasteiger partial charge is 0.389 e. The zero-order valence-electron chi connectivity index (χ0n) is 10.3. The lowest BCUT2D eigenvalue weighted by Crippen LogP contribution is -2.39. The number of anilines is 1. The van der Waals surface area contributed by atoms with E-state index in [1.807, 2.05) is 12.1 Å². The highest BCUT2D eigenvalue weighted by atomic mass is 16.3. The summed E-state index contributed by atoms with van der Waals surface area (Å²) in [7, 11) is 0. The third-order valence-corrected chi connectivity index (χ3v) is 3.42. The van der Waals surface area contributed by atoms with Crippen LogP contribution in [0, 0.1) is 0 Å². The van der Waals surface area contributed by atoms with Crippen LogP contribution in [-0.2, 0) is 0 Å². The molecule has 0 aliphatic carbocycles. The Morgan fingerprint density at radius 1 is 1.50 bits per heavy atom. The summed E-state index contributed by atoms with van der Waals surface area (Å²) in [5.74, 6) is 0.944. The fourth-order valence-electron chi connectivity index (χ4n) is 2.46. The minimum Gasteiger partial charge on any atom is -0.389 e. The van der Waals surface area contributed by atoms with E-state index < -0.39 is 6.10 Å². The molecule has 0 bridgehead atoms. The second-order valence-electron chi connectivity index (χ2n) is 5.16. The second kappa shape index (κ2) is 4.06. The minimum absolute atomic E-state index is 0.151. The molecule has 1 aliphatic rings. The monoisotopic (exact) mass is 220 g/mol. The summed E-state index contributed by atoms with van der Waals surface area (Å²) in [6.07, 6.45) is 3.72. The maximum Gasteiger partial charge on any atom is 0.134 e. The van der Waals surface area contributed by atoms with Crippen LogP contribution in [0.5, 0.6) is 0 Å². The molecule has 0 radical (unpaired) electrons. The van der Waals surface area contributed by atoms with Crippen molar-refractivity contribution in [2.45, 2.75) is 45.3 Å².